The Labute approximate surface area is 159 Å². The fourth-order valence-electron chi connectivity index (χ4n) is 3.45. The van der Waals surface area contributed by atoms with Crippen molar-refractivity contribution < 1.29 is 10.0 Å². The normalized spacial score (nSPS) is 16.2. The summed E-state index contributed by atoms with van der Waals surface area (Å²) >= 11 is 0. The number of hydroxylamine groups is 1. The van der Waals surface area contributed by atoms with E-state index in [9.17, 15) is 4.79 Å². The molecule has 1 amide bonds. The van der Waals surface area contributed by atoms with Gasteiger partial charge in [0.05, 0.1) is 6.04 Å². The molecule has 2 heterocycles. The molecule has 1 unspecified atom stereocenters. The highest BCUT2D eigenvalue weighted by Crippen LogP contribution is 2.23. The number of nitrogens with one attached hydrogen (secondary N) is 2. The molecular weight excluding hydrogens is 342 g/mol. The maximum Gasteiger partial charge on any atom is 0.260 e. The molecule has 0 spiro atoms. The van der Waals surface area contributed by atoms with Crippen molar-refractivity contribution in [2.45, 2.75) is 45.2 Å². The average molecular weight is 369 g/mol. The number of aromatic nitrogens is 2. The maximum absolute atomic E-state index is 11.7. The number of hydrogen-bond donors (Lipinski definition) is 3. The molecule has 1 aromatic carbocycles. The smallest absolute Gasteiger partial charge is 0.260 e. The van der Waals surface area contributed by atoms with Crippen LogP contribution in [0.2, 0.25) is 0 Å². The molecule has 3 rings (SSSR count). The number of nitrogens with zero attached hydrogens (tertiary/aromatic N) is 3. The monoisotopic (exact) mass is 369 g/mol. The molecule has 7 nitrogen and oxygen atoms in total. The van der Waals surface area contributed by atoms with Gasteiger partial charge in [0.15, 0.2) is 5.82 Å². The highest BCUT2D eigenvalue weighted by Gasteiger charge is 2.25. The molecule has 1 atom stereocenters. The minimum absolute atomic E-state index is 0.250. The summed E-state index contributed by atoms with van der Waals surface area (Å²) in [5.41, 5.74) is 3.70. The number of carbonyl (C=O) groups excluding carboxylic acids is 1. The van der Waals surface area contributed by atoms with Crippen molar-refractivity contribution in [3.8, 4) is 11.4 Å². The molecule has 2 aromatic rings. The van der Waals surface area contributed by atoms with E-state index in [2.05, 4.69) is 15.2 Å². The van der Waals surface area contributed by atoms with E-state index in [0.29, 0.717) is 6.42 Å². The molecule has 27 heavy (non-hydrogen) atoms. The number of carbonyl (C=O) groups is 1. The first-order valence-corrected chi connectivity index (χ1v) is 9.46. The van der Waals surface area contributed by atoms with Crippen LogP contribution in [0.1, 0.15) is 31.9 Å². The highest BCUT2D eigenvalue weighted by atomic mass is 16.5. The number of benzene rings is 1. The molecule has 0 bridgehead atoms. The number of anilines is 1. The quantitative estimate of drug-likeness (QED) is 0.535. The third kappa shape index (κ3) is 4.81. The summed E-state index contributed by atoms with van der Waals surface area (Å²) in [6.07, 6.45) is 2.47. The second-order valence-corrected chi connectivity index (χ2v) is 6.92. The summed E-state index contributed by atoms with van der Waals surface area (Å²) in [5, 5.41) is 12.2. The Balaban J connectivity index is 1.66. The first-order chi connectivity index (χ1) is 13.1. The Morgan fingerprint density at radius 2 is 1.96 bits per heavy atom. The van der Waals surface area contributed by atoms with E-state index in [-0.39, 0.29) is 18.0 Å². The topological polar surface area (TPSA) is 90.4 Å². The fourth-order valence-corrected chi connectivity index (χ4v) is 3.45. The SMILES string of the molecule is CCC(NC1CCN(c2cc(C)nc(-c3ccccc3)n2)CC1)C(=O)NO. The zero-order valence-electron chi connectivity index (χ0n) is 15.9. The van der Waals surface area contributed by atoms with Crippen LogP contribution in [0.25, 0.3) is 11.4 Å². The van der Waals surface area contributed by atoms with E-state index < -0.39 is 0 Å². The van der Waals surface area contributed by atoms with Gasteiger partial charge in [0.25, 0.3) is 5.91 Å². The molecule has 0 saturated carbocycles. The molecule has 1 saturated heterocycles. The predicted molar refractivity (Wildman–Crippen MR) is 105 cm³/mol. The van der Waals surface area contributed by atoms with Crippen LogP contribution in [0.4, 0.5) is 5.82 Å². The van der Waals surface area contributed by atoms with Crippen LogP contribution in [-0.4, -0.2) is 46.3 Å². The van der Waals surface area contributed by atoms with Gasteiger partial charge in [-0.3, -0.25) is 10.0 Å². The van der Waals surface area contributed by atoms with Crippen LogP contribution in [0, 0.1) is 6.92 Å². The predicted octanol–water partition coefficient (Wildman–Crippen LogP) is 2.29. The van der Waals surface area contributed by atoms with Crippen molar-refractivity contribution in [1.29, 1.82) is 0 Å². The molecule has 1 aliphatic heterocycles. The van der Waals surface area contributed by atoms with Gasteiger partial charge in [0.2, 0.25) is 0 Å². The summed E-state index contributed by atoms with van der Waals surface area (Å²) in [6, 6.07) is 11.9. The number of hydrogen-bond acceptors (Lipinski definition) is 6. The van der Waals surface area contributed by atoms with Gasteiger partial charge in [0, 0.05) is 36.5 Å². The van der Waals surface area contributed by atoms with Gasteiger partial charge < -0.3 is 10.2 Å². The molecule has 1 aromatic heterocycles. The number of rotatable bonds is 6. The van der Waals surface area contributed by atoms with E-state index in [0.717, 1.165) is 48.8 Å². The van der Waals surface area contributed by atoms with Crippen molar-refractivity contribution in [3.05, 3.63) is 42.1 Å². The van der Waals surface area contributed by atoms with Gasteiger partial charge in [-0.05, 0) is 26.2 Å². The van der Waals surface area contributed by atoms with Crippen molar-refractivity contribution in [3.63, 3.8) is 0 Å². The van der Waals surface area contributed by atoms with Gasteiger partial charge in [-0.1, -0.05) is 37.3 Å². The second-order valence-electron chi connectivity index (χ2n) is 6.92. The standard InChI is InChI=1S/C20H27N5O2/c1-3-17(20(26)24-27)22-16-9-11-25(12-10-16)18-13-14(2)21-19(23-18)15-7-5-4-6-8-15/h4-8,13,16-17,22,27H,3,9-12H2,1-2H3,(H,24,26). The van der Waals surface area contributed by atoms with Crippen LogP contribution in [-0.2, 0) is 4.79 Å². The van der Waals surface area contributed by atoms with E-state index in [1.807, 2.05) is 50.2 Å². The molecule has 1 fully saturated rings. The molecule has 7 heteroatoms. The molecule has 0 radical (unpaired) electrons. The van der Waals surface area contributed by atoms with Crippen LogP contribution in [0.15, 0.2) is 36.4 Å². The highest BCUT2D eigenvalue weighted by molar-refractivity contribution is 5.80. The van der Waals surface area contributed by atoms with Crippen molar-refractivity contribution in [2.24, 2.45) is 0 Å². The Hall–Kier alpha value is -2.51. The third-order valence-corrected chi connectivity index (χ3v) is 4.96. The Morgan fingerprint density at radius 1 is 1.26 bits per heavy atom. The number of amides is 1. The molecule has 0 aliphatic carbocycles. The van der Waals surface area contributed by atoms with Gasteiger partial charge >= 0.3 is 0 Å². The second kappa shape index (κ2) is 8.92. The lowest BCUT2D eigenvalue weighted by Gasteiger charge is -2.34. The zero-order valence-corrected chi connectivity index (χ0v) is 15.9. The Kier molecular flexibility index (Phi) is 6.36. The fraction of sp³-hybridized carbons (Fsp3) is 0.450. The van der Waals surface area contributed by atoms with Gasteiger partial charge in [-0.25, -0.2) is 15.4 Å². The average Bonchev–Trinajstić information content (AvgIpc) is 2.72. The lowest BCUT2D eigenvalue weighted by Crippen LogP contribution is -2.51. The maximum atomic E-state index is 11.7. The summed E-state index contributed by atoms with van der Waals surface area (Å²) in [6.45, 7) is 5.64. The van der Waals surface area contributed by atoms with E-state index in [4.69, 9.17) is 10.2 Å². The molecule has 3 N–H and O–H groups in total. The first-order valence-electron chi connectivity index (χ1n) is 9.46. The number of aryl methyl sites for hydroxylation is 1. The van der Waals surface area contributed by atoms with Gasteiger partial charge in [-0.2, -0.15) is 0 Å². The van der Waals surface area contributed by atoms with Crippen molar-refractivity contribution in [1.82, 2.24) is 20.8 Å². The summed E-state index contributed by atoms with van der Waals surface area (Å²) < 4.78 is 0. The minimum atomic E-state index is -0.376. The third-order valence-electron chi connectivity index (χ3n) is 4.96. The summed E-state index contributed by atoms with van der Waals surface area (Å²) in [7, 11) is 0. The summed E-state index contributed by atoms with van der Waals surface area (Å²) in [4.78, 5) is 23.3. The largest absolute Gasteiger partial charge is 0.356 e. The van der Waals surface area contributed by atoms with Crippen LogP contribution < -0.4 is 15.7 Å². The zero-order chi connectivity index (χ0) is 19.2. The van der Waals surface area contributed by atoms with Crippen molar-refractivity contribution in [2.75, 3.05) is 18.0 Å². The van der Waals surface area contributed by atoms with Gasteiger partial charge in [0.1, 0.15) is 5.82 Å². The van der Waals surface area contributed by atoms with E-state index in [1.54, 1.807) is 5.48 Å². The van der Waals surface area contributed by atoms with Crippen LogP contribution >= 0.6 is 0 Å². The molecular formula is C20H27N5O2. The van der Waals surface area contributed by atoms with E-state index >= 15 is 0 Å². The van der Waals surface area contributed by atoms with Gasteiger partial charge in [-0.15, -0.1) is 0 Å². The Morgan fingerprint density at radius 3 is 2.59 bits per heavy atom. The first kappa shape index (κ1) is 19.3. The van der Waals surface area contributed by atoms with E-state index in [1.165, 1.54) is 0 Å². The van der Waals surface area contributed by atoms with Crippen molar-refractivity contribution >= 4 is 11.7 Å². The van der Waals surface area contributed by atoms with Crippen LogP contribution in [0.5, 0.6) is 0 Å². The minimum Gasteiger partial charge on any atom is -0.356 e. The summed E-state index contributed by atoms with van der Waals surface area (Å²) in [5.74, 6) is 1.32. The lowest BCUT2D eigenvalue weighted by molar-refractivity contribution is -0.131. The van der Waals surface area contributed by atoms with Crippen LogP contribution in [0.3, 0.4) is 0 Å². The number of piperidine rings is 1. The Bertz CT molecular complexity index is 760. The lowest BCUT2D eigenvalue weighted by atomic mass is 10.0. The molecule has 1 aliphatic rings. The molecule has 144 valence electrons.